The minimum Gasteiger partial charge on any atom is -0.351 e. The number of hydrogen-bond acceptors (Lipinski definition) is 4. The molecule has 32 heavy (non-hydrogen) atoms. The van der Waals surface area contributed by atoms with Gasteiger partial charge in [0.25, 0.3) is 5.91 Å². The normalized spacial score (nSPS) is 17.8. The summed E-state index contributed by atoms with van der Waals surface area (Å²) in [5, 5.41) is 8.56. The molecule has 3 N–H and O–H groups in total. The van der Waals surface area contributed by atoms with Gasteiger partial charge in [-0.15, -0.1) is 0 Å². The Labute approximate surface area is 194 Å². The number of hydrogen-bond donors (Lipinski definition) is 2. The number of nitrogens with two attached hydrogens (primary N) is 1. The fraction of sp³-hybridized carbons (Fsp3) is 0.440. The minimum absolute atomic E-state index is 0.0760. The highest BCUT2D eigenvalue weighted by molar-refractivity contribution is 6.30. The highest BCUT2D eigenvalue weighted by Gasteiger charge is 2.21. The van der Waals surface area contributed by atoms with Gasteiger partial charge >= 0.3 is 0 Å². The molecule has 3 aromatic rings. The van der Waals surface area contributed by atoms with Gasteiger partial charge in [0.1, 0.15) is 0 Å². The summed E-state index contributed by atoms with van der Waals surface area (Å²) in [5.41, 5.74) is 9.65. The second kappa shape index (κ2) is 10.0. The average molecular weight is 454 g/mol. The van der Waals surface area contributed by atoms with E-state index in [0.717, 1.165) is 48.7 Å². The third-order valence-electron chi connectivity index (χ3n) is 6.10. The predicted octanol–water partition coefficient (Wildman–Crippen LogP) is 4.08. The number of likely N-dealkylation sites (tertiary alicyclic amines) is 1. The van der Waals surface area contributed by atoms with Crippen molar-refractivity contribution in [3.63, 3.8) is 0 Å². The Morgan fingerprint density at radius 3 is 2.75 bits per heavy atom. The largest absolute Gasteiger partial charge is 0.351 e. The van der Waals surface area contributed by atoms with E-state index in [2.05, 4.69) is 41.3 Å². The number of aromatic nitrogens is 2. The summed E-state index contributed by atoms with van der Waals surface area (Å²) >= 11 is 6.06. The van der Waals surface area contributed by atoms with E-state index in [0.29, 0.717) is 18.0 Å². The molecule has 3 heterocycles. The molecule has 0 bridgehead atoms. The van der Waals surface area contributed by atoms with Gasteiger partial charge in [0.2, 0.25) is 0 Å². The van der Waals surface area contributed by atoms with Gasteiger partial charge in [0, 0.05) is 49.4 Å². The Kier molecular flexibility index (Phi) is 7.13. The first-order valence-electron chi connectivity index (χ1n) is 11.4. The zero-order valence-corrected chi connectivity index (χ0v) is 19.6. The van der Waals surface area contributed by atoms with Crippen molar-refractivity contribution in [1.82, 2.24) is 19.8 Å². The monoisotopic (exact) mass is 453 g/mol. The van der Waals surface area contributed by atoms with Gasteiger partial charge in [-0.25, -0.2) is 4.52 Å². The number of nitrogens with one attached hydrogen (secondary N) is 1. The number of benzene rings is 1. The average Bonchev–Trinajstić information content (AvgIpc) is 3.36. The molecule has 7 heteroatoms. The molecule has 1 amide bonds. The zero-order valence-electron chi connectivity index (χ0n) is 18.8. The Morgan fingerprint density at radius 1 is 1.28 bits per heavy atom. The fourth-order valence-electron chi connectivity index (χ4n) is 4.52. The Hall–Kier alpha value is -2.41. The van der Waals surface area contributed by atoms with Crippen LogP contribution in [0.4, 0.5) is 0 Å². The lowest BCUT2D eigenvalue weighted by atomic mass is 9.90. The van der Waals surface area contributed by atoms with Crippen molar-refractivity contribution in [3.8, 4) is 0 Å². The van der Waals surface area contributed by atoms with Gasteiger partial charge in [0.15, 0.2) is 0 Å². The number of pyridine rings is 1. The molecule has 1 aliphatic rings. The first-order valence-corrected chi connectivity index (χ1v) is 11.8. The van der Waals surface area contributed by atoms with Crippen LogP contribution in [0.5, 0.6) is 0 Å². The van der Waals surface area contributed by atoms with E-state index in [4.69, 9.17) is 17.3 Å². The molecule has 4 rings (SSSR count). The SMILES string of the molecule is CC(C)CC(CNC(=O)c1cccn2nc(CN3CC[C@@H](N)C3)cc12)c1ccc(Cl)cc1. The summed E-state index contributed by atoms with van der Waals surface area (Å²) in [6.07, 6.45) is 3.90. The number of carbonyl (C=O) groups is 1. The van der Waals surface area contributed by atoms with Crippen LogP contribution in [0.2, 0.25) is 5.02 Å². The van der Waals surface area contributed by atoms with Gasteiger partial charge < -0.3 is 11.1 Å². The van der Waals surface area contributed by atoms with Crippen molar-refractivity contribution in [2.75, 3.05) is 19.6 Å². The molecule has 1 aromatic carbocycles. The van der Waals surface area contributed by atoms with Crippen LogP contribution in [0.15, 0.2) is 48.7 Å². The van der Waals surface area contributed by atoms with Crippen LogP contribution in [-0.4, -0.2) is 46.1 Å². The highest BCUT2D eigenvalue weighted by Crippen LogP contribution is 2.25. The minimum atomic E-state index is -0.0760. The lowest BCUT2D eigenvalue weighted by Gasteiger charge is -2.20. The van der Waals surface area contributed by atoms with Crippen LogP contribution in [0, 0.1) is 5.92 Å². The van der Waals surface area contributed by atoms with Crippen LogP contribution in [0.3, 0.4) is 0 Å². The first kappa shape index (κ1) is 22.8. The van der Waals surface area contributed by atoms with E-state index in [1.807, 2.05) is 36.5 Å². The molecule has 1 unspecified atom stereocenters. The summed E-state index contributed by atoms with van der Waals surface area (Å²) in [4.78, 5) is 15.4. The lowest BCUT2D eigenvalue weighted by Crippen LogP contribution is -2.29. The van der Waals surface area contributed by atoms with Gasteiger partial charge in [-0.05, 0) is 54.7 Å². The van der Waals surface area contributed by atoms with Gasteiger partial charge in [-0.2, -0.15) is 5.10 Å². The molecule has 0 spiro atoms. The molecule has 170 valence electrons. The molecule has 6 nitrogen and oxygen atoms in total. The van der Waals surface area contributed by atoms with Crippen LogP contribution in [0.1, 0.15) is 54.2 Å². The maximum atomic E-state index is 13.1. The second-order valence-electron chi connectivity index (χ2n) is 9.26. The molecule has 1 saturated heterocycles. The summed E-state index contributed by atoms with van der Waals surface area (Å²) in [7, 11) is 0. The Morgan fingerprint density at radius 2 is 2.06 bits per heavy atom. The number of carbonyl (C=O) groups excluding carboxylic acids is 1. The third-order valence-corrected chi connectivity index (χ3v) is 6.35. The summed E-state index contributed by atoms with van der Waals surface area (Å²) in [6.45, 7) is 7.61. The van der Waals surface area contributed by atoms with Crippen molar-refractivity contribution in [2.24, 2.45) is 11.7 Å². The number of fused-ring (bicyclic) bond motifs is 1. The molecular formula is C25H32ClN5O. The Balaban J connectivity index is 1.48. The maximum Gasteiger partial charge on any atom is 0.253 e. The van der Waals surface area contributed by atoms with Crippen molar-refractivity contribution >= 4 is 23.0 Å². The maximum absolute atomic E-state index is 13.1. The van der Waals surface area contributed by atoms with Crippen molar-refractivity contribution in [1.29, 1.82) is 0 Å². The van der Waals surface area contributed by atoms with E-state index < -0.39 is 0 Å². The molecule has 0 saturated carbocycles. The standard InChI is InChI=1S/C25H32ClN5O/c1-17(2)12-19(18-5-7-20(26)8-6-18)14-28-25(32)23-4-3-10-31-24(23)13-22(29-31)16-30-11-9-21(27)15-30/h3-8,10,13,17,19,21H,9,11-12,14-16,27H2,1-2H3,(H,28,32)/t19?,21-/m1/s1. The van der Waals surface area contributed by atoms with E-state index in [1.165, 1.54) is 5.56 Å². The molecule has 1 aliphatic heterocycles. The van der Waals surface area contributed by atoms with E-state index in [-0.39, 0.29) is 17.9 Å². The second-order valence-corrected chi connectivity index (χ2v) is 9.70. The number of rotatable bonds is 8. The summed E-state index contributed by atoms with van der Waals surface area (Å²) in [5.74, 6) is 0.677. The smallest absolute Gasteiger partial charge is 0.253 e. The van der Waals surface area contributed by atoms with Crippen LogP contribution < -0.4 is 11.1 Å². The molecule has 2 atom stereocenters. The molecule has 1 fully saturated rings. The molecular weight excluding hydrogens is 422 g/mol. The quantitative estimate of drug-likeness (QED) is 0.538. The van der Waals surface area contributed by atoms with Crippen LogP contribution in [0.25, 0.3) is 5.52 Å². The molecule has 2 aromatic heterocycles. The van der Waals surface area contributed by atoms with E-state index >= 15 is 0 Å². The number of halogens is 1. The summed E-state index contributed by atoms with van der Waals surface area (Å²) in [6, 6.07) is 13.9. The highest BCUT2D eigenvalue weighted by atomic mass is 35.5. The molecule has 0 aliphatic carbocycles. The zero-order chi connectivity index (χ0) is 22.7. The predicted molar refractivity (Wildman–Crippen MR) is 129 cm³/mol. The van der Waals surface area contributed by atoms with Gasteiger partial charge in [0.05, 0.1) is 16.8 Å². The first-order chi connectivity index (χ1) is 15.4. The van der Waals surface area contributed by atoms with E-state index in [9.17, 15) is 4.79 Å². The van der Waals surface area contributed by atoms with E-state index in [1.54, 1.807) is 4.52 Å². The van der Waals surface area contributed by atoms with Crippen molar-refractivity contribution in [3.05, 3.63) is 70.5 Å². The van der Waals surface area contributed by atoms with Crippen LogP contribution in [-0.2, 0) is 6.54 Å². The van der Waals surface area contributed by atoms with Crippen molar-refractivity contribution < 1.29 is 4.79 Å². The van der Waals surface area contributed by atoms with Crippen molar-refractivity contribution in [2.45, 2.75) is 45.2 Å². The Bertz CT molecular complexity index is 1060. The topological polar surface area (TPSA) is 75.7 Å². The number of amides is 1. The lowest BCUT2D eigenvalue weighted by molar-refractivity contribution is 0.0951. The fourth-order valence-corrected chi connectivity index (χ4v) is 4.65. The third kappa shape index (κ3) is 5.49. The summed E-state index contributed by atoms with van der Waals surface area (Å²) < 4.78 is 1.80. The van der Waals surface area contributed by atoms with Gasteiger partial charge in [-0.3, -0.25) is 9.69 Å². The van der Waals surface area contributed by atoms with Gasteiger partial charge in [-0.1, -0.05) is 37.6 Å². The van der Waals surface area contributed by atoms with Crippen LogP contribution >= 0.6 is 11.6 Å². The molecule has 0 radical (unpaired) electrons. The number of nitrogens with zero attached hydrogens (tertiary/aromatic N) is 3.